The molecular weight excluding hydrogens is 194 g/mol. The van der Waals surface area contributed by atoms with Crippen LogP contribution in [0, 0.1) is 6.92 Å². The van der Waals surface area contributed by atoms with Gasteiger partial charge in [0.2, 0.25) is 0 Å². The Morgan fingerprint density at radius 2 is 2.07 bits per heavy atom. The van der Waals surface area contributed by atoms with Crippen LogP contribution >= 0.6 is 12.6 Å². The summed E-state index contributed by atoms with van der Waals surface area (Å²) in [6.45, 7) is 2.80. The summed E-state index contributed by atoms with van der Waals surface area (Å²) in [4.78, 5) is 11.5. The van der Waals surface area contributed by atoms with E-state index in [-0.39, 0.29) is 5.56 Å². The Balaban J connectivity index is 2.54. The van der Waals surface area contributed by atoms with Crippen LogP contribution in [0.25, 0.3) is 0 Å². The van der Waals surface area contributed by atoms with Gasteiger partial charge in [0.05, 0.1) is 0 Å². The van der Waals surface area contributed by atoms with E-state index < -0.39 is 0 Å². The third kappa shape index (κ3) is 3.22. The molecule has 0 radical (unpaired) electrons. The zero-order valence-electron chi connectivity index (χ0n) is 8.57. The van der Waals surface area contributed by atoms with Gasteiger partial charge in [0.25, 0.3) is 5.56 Å². The van der Waals surface area contributed by atoms with Crippen molar-refractivity contribution in [3.63, 3.8) is 0 Å². The van der Waals surface area contributed by atoms with Crippen molar-refractivity contribution in [2.24, 2.45) is 0 Å². The van der Waals surface area contributed by atoms with Gasteiger partial charge in [-0.3, -0.25) is 4.79 Å². The Kier molecular flexibility index (Phi) is 4.80. The fourth-order valence-corrected chi connectivity index (χ4v) is 1.69. The van der Waals surface area contributed by atoms with E-state index in [1.807, 2.05) is 23.6 Å². The predicted molar refractivity (Wildman–Crippen MR) is 63.1 cm³/mol. The lowest BCUT2D eigenvalue weighted by Gasteiger charge is -2.08. The average Bonchev–Trinajstić information content (AvgIpc) is 2.16. The molecule has 1 aromatic heterocycles. The minimum absolute atomic E-state index is 0.107. The Morgan fingerprint density at radius 3 is 2.71 bits per heavy atom. The highest BCUT2D eigenvalue weighted by molar-refractivity contribution is 7.80. The van der Waals surface area contributed by atoms with E-state index in [2.05, 4.69) is 12.6 Å². The summed E-state index contributed by atoms with van der Waals surface area (Å²) in [7, 11) is 0. The Bertz CT molecular complexity index is 332. The van der Waals surface area contributed by atoms with Gasteiger partial charge in [-0.15, -0.1) is 0 Å². The van der Waals surface area contributed by atoms with Crippen LogP contribution in [0.3, 0.4) is 0 Å². The zero-order valence-corrected chi connectivity index (χ0v) is 9.46. The lowest BCUT2D eigenvalue weighted by atomic mass is 10.2. The lowest BCUT2D eigenvalue weighted by molar-refractivity contribution is 0.578. The van der Waals surface area contributed by atoms with Crippen LogP contribution in [0.1, 0.15) is 25.0 Å². The summed E-state index contributed by atoms with van der Waals surface area (Å²) in [5.74, 6) is 0.933. The summed E-state index contributed by atoms with van der Waals surface area (Å²) >= 11 is 4.15. The first kappa shape index (κ1) is 11.4. The molecule has 0 saturated carbocycles. The first-order valence-corrected chi connectivity index (χ1v) is 5.66. The molecule has 14 heavy (non-hydrogen) atoms. The van der Waals surface area contributed by atoms with Gasteiger partial charge in [-0.2, -0.15) is 12.6 Å². The molecule has 2 nitrogen and oxygen atoms in total. The van der Waals surface area contributed by atoms with Gasteiger partial charge in [-0.25, -0.2) is 0 Å². The number of unbranched alkanes of at least 4 members (excludes halogenated alkanes) is 2. The first-order valence-electron chi connectivity index (χ1n) is 5.03. The van der Waals surface area contributed by atoms with Crippen LogP contribution in [0.5, 0.6) is 0 Å². The van der Waals surface area contributed by atoms with Crippen molar-refractivity contribution in [1.82, 2.24) is 4.57 Å². The third-order valence-electron chi connectivity index (χ3n) is 2.31. The summed E-state index contributed by atoms with van der Waals surface area (Å²) in [5.41, 5.74) is 1.15. The van der Waals surface area contributed by atoms with E-state index >= 15 is 0 Å². The van der Waals surface area contributed by atoms with Gasteiger partial charge in [0.1, 0.15) is 0 Å². The molecule has 0 bridgehead atoms. The molecule has 0 atom stereocenters. The molecule has 1 rings (SSSR count). The van der Waals surface area contributed by atoms with E-state index in [1.165, 1.54) is 0 Å². The van der Waals surface area contributed by atoms with E-state index in [1.54, 1.807) is 6.07 Å². The molecule has 0 aromatic carbocycles. The minimum atomic E-state index is 0.107. The van der Waals surface area contributed by atoms with Gasteiger partial charge in [-0.05, 0) is 31.6 Å². The first-order chi connectivity index (χ1) is 6.75. The lowest BCUT2D eigenvalue weighted by Crippen LogP contribution is -2.20. The summed E-state index contributed by atoms with van der Waals surface area (Å²) in [5, 5.41) is 0. The predicted octanol–water partition coefficient (Wildman–Crippen LogP) is 2.26. The van der Waals surface area contributed by atoms with Gasteiger partial charge >= 0.3 is 0 Å². The van der Waals surface area contributed by atoms with E-state index in [9.17, 15) is 4.79 Å². The molecular formula is C11H17NOS. The van der Waals surface area contributed by atoms with E-state index in [0.717, 1.165) is 37.3 Å². The Labute approximate surface area is 90.4 Å². The maximum absolute atomic E-state index is 11.5. The molecule has 0 unspecified atom stereocenters. The second-order valence-corrected chi connectivity index (χ2v) is 3.89. The van der Waals surface area contributed by atoms with Crippen molar-refractivity contribution < 1.29 is 0 Å². The van der Waals surface area contributed by atoms with Crippen LogP contribution in [0.4, 0.5) is 0 Å². The van der Waals surface area contributed by atoms with Gasteiger partial charge in [0.15, 0.2) is 0 Å². The topological polar surface area (TPSA) is 22.0 Å². The molecule has 0 aliphatic heterocycles. The van der Waals surface area contributed by atoms with E-state index in [4.69, 9.17) is 0 Å². The molecule has 0 fully saturated rings. The Morgan fingerprint density at radius 1 is 1.29 bits per heavy atom. The van der Waals surface area contributed by atoms with Gasteiger partial charge in [0, 0.05) is 18.3 Å². The number of hydrogen-bond acceptors (Lipinski definition) is 2. The van der Waals surface area contributed by atoms with Crippen LogP contribution in [-0.2, 0) is 6.54 Å². The van der Waals surface area contributed by atoms with Gasteiger partial charge in [-0.1, -0.05) is 12.5 Å². The molecule has 0 saturated heterocycles. The molecule has 0 aliphatic rings. The summed E-state index contributed by atoms with van der Waals surface area (Å²) in [6, 6.07) is 5.40. The zero-order chi connectivity index (χ0) is 10.4. The van der Waals surface area contributed by atoms with Crippen LogP contribution in [0.2, 0.25) is 0 Å². The molecule has 0 amide bonds. The second kappa shape index (κ2) is 5.91. The number of aromatic nitrogens is 1. The number of pyridine rings is 1. The van der Waals surface area contributed by atoms with Crippen molar-refractivity contribution in [3.8, 4) is 0 Å². The van der Waals surface area contributed by atoms with Crippen molar-refractivity contribution in [2.45, 2.75) is 32.7 Å². The number of aryl methyl sites for hydroxylation is 1. The maximum atomic E-state index is 11.5. The highest BCUT2D eigenvalue weighted by Crippen LogP contribution is 2.01. The highest BCUT2D eigenvalue weighted by atomic mass is 32.1. The SMILES string of the molecule is Cc1cccc(=O)n1CCCCCS. The maximum Gasteiger partial charge on any atom is 0.250 e. The molecule has 78 valence electrons. The number of thiol groups is 1. The molecule has 0 spiro atoms. The number of nitrogens with zero attached hydrogens (tertiary/aromatic N) is 1. The summed E-state index contributed by atoms with van der Waals surface area (Å²) in [6.07, 6.45) is 3.33. The molecule has 1 heterocycles. The van der Waals surface area contributed by atoms with Crippen LogP contribution in [-0.4, -0.2) is 10.3 Å². The monoisotopic (exact) mass is 211 g/mol. The fraction of sp³-hybridized carbons (Fsp3) is 0.545. The Hall–Kier alpha value is -0.700. The van der Waals surface area contributed by atoms with Crippen LogP contribution < -0.4 is 5.56 Å². The van der Waals surface area contributed by atoms with Crippen molar-refractivity contribution in [3.05, 3.63) is 34.2 Å². The molecule has 1 aromatic rings. The molecule has 0 aliphatic carbocycles. The average molecular weight is 211 g/mol. The highest BCUT2D eigenvalue weighted by Gasteiger charge is 1.97. The van der Waals surface area contributed by atoms with Crippen molar-refractivity contribution in [1.29, 1.82) is 0 Å². The van der Waals surface area contributed by atoms with Crippen LogP contribution in [0.15, 0.2) is 23.0 Å². The molecule has 3 heteroatoms. The quantitative estimate of drug-likeness (QED) is 0.585. The molecule has 0 N–H and O–H groups in total. The van der Waals surface area contributed by atoms with Crippen molar-refractivity contribution >= 4 is 12.6 Å². The fourth-order valence-electron chi connectivity index (χ4n) is 1.47. The third-order valence-corrected chi connectivity index (χ3v) is 2.62. The van der Waals surface area contributed by atoms with Crippen molar-refractivity contribution in [2.75, 3.05) is 5.75 Å². The standard InChI is InChI=1S/C11H17NOS/c1-10-6-5-7-11(13)12(10)8-3-2-4-9-14/h5-7,14H,2-4,8-9H2,1H3. The smallest absolute Gasteiger partial charge is 0.250 e. The number of hydrogen-bond donors (Lipinski definition) is 1. The minimum Gasteiger partial charge on any atom is -0.313 e. The normalized spacial score (nSPS) is 10.4. The van der Waals surface area contributed by atoms with E-state index in [0.29, 0.717) is 0 Å². The summed E-state index contributed by atoms with van der Waals surface area (Å²) < 4.78 is 1.83. The van der Waals surface area contributed by atoms with Gasteiger partial charge < -0.3 is 4.57 Å². The number of rotatable bonds is 5. The second-order valence-electron chi connectivity index (χ2n) is 3.44. The largest absolute Gasteiger partial charge is 0.313 e.